The molecule has 20 heavy (non-hydrogen) atoms. The summed E-state index contributed by atoms with van der Waals surface area (Å²) in [5.41, 5.74) is 7.52. The van der Waals surface area contributed by atoms with E-state index >= 15 is 0 Å². The highest BCUT2D eigenvalue weighted by Crippen LogP contribution is 2.18. The number of nitrogens with two attached hydrogens (primary N) is 1. The van der Waals surface area contributed by atoms with Crippen LogP contribution in [-0.4, -0.2) is 38.7 Å². The van der Waals surface area contributed by atoms with Crippen molar-refractivity contribution < 1.29 is 13.2 Å². The van der Waals surface area contributed by atoms with Crippen LogP contribution >= 0.6 is 0 Å². The second-order valence-electron chi connectivity index (χ2n) is 4.45. The Bertz CT molecular complexity index is 736. The monoisotopic (exact) mass is 296 g/mol. The molecule has 2 rings (SSSR count). The lowest BCUT2D eigenvalue weighted by Gasteiger charge is -2.04. The van der Waals surface area contributed by atoms with Gasteiger partial charge in [-0.05, 0) is 24.3 Å². The van der Waals surface area contributed by atoms with E-state index < -0.39 is 10.0 Å². The van der Waals surface area contributed by atoms with E-state index in [0.717, 1.165) is 17.2 Å². The molecule has 1 aromatic heterocycles. The molecule has 0 aliphatic heterocycles. The van der Waals surface area contributed by atoms with Crippen LogP contribution in [0.4, 0.5) is 5.69 Å². The number of rotatable bonds is 5. The number of hydrogen-bond donors (Lipinski definition) is 4. The van der Waals surface area contributed by atoms with E-state index in [0.29, 0.717) is 11.4 Å². The van der Waals surface area contributed by atoms with E-state index in [2.05, 4.69) is 15.0 Å². The number of anilines is 1. The standard InChI is InChI=1S/C12H16N4O3S/c1-20(18,19)15-5-4-14-12(17)11-7-8-6-9(13)2-3-10(8)16-11/h2-3,6-7,15-16H,4-5,13H2,1H3,(H,14,17). The number of sulfonamides is 1. The van der Waals surface area contributed by atoms with Crippen molar-refractivity contribution >= 4 is 32.5 Å². The minimum absolute atomic E-state index is 0.151. The Hall–Kier alpha value is -2.06. The Balaban J connectivity index is 1.97. The summed E-state index contributed by atoms with van der Waals surface area (Å²) >= 11 is 0. The van der Waals surface area contributed by atoms with Crippen molar-refractivity contribution in [1.82, 2.24) is 15.0 Å². The number of aromatic amines is 1. The second-order valence-corrected chi connectivity index (χ2v) is 6.29. The molecule has 0 spiro atoms. The molecule has 0 fully saturated rings. The third-order valence-electron chi connectivity index (χ3n) is 2.66. The number of hydrogen-bond acceptors (Lipinski definition) is 4. The van der Waals surface area contributed by atoms with Gasteiger partial charge < -0.3 is 16.0 Å². The fraction of sp³-hybridized carbons (Fsp3) is 0.250. The van der Waals surface area contributed by atoms with Gasteiger partial charge >= 0.3 is 0 Å². The van der Waals surface area contributed by atoms with Crippen molar-refractivity contribution in [1.29, 1.82) is 0 Å². The number of nitrogen functional groups attached to an aromatic ring is 1. The molecule has 7 nitrogen and oxygen atoms in total. The average molecular weight is 296 g/mol. The third-order valence-corrected chi connectivity index (χ3v) is 3.39. The van der Waals surface area contributed by atoms with Crippen LogP contribution in [0.2, 0.25) is 0 Å². The highest BCUT2D eigenvalue weighted by Gasteiger charge is 2.09. The molecule has 1 aromatic carbocycles. The maximum absolute atomic E-state index is 11.9. The molecule has 0 atom stereocenters. The summed E-state index contributed by atoms with van der Waals surface area (Å²) in [4.78, 5) is 14.8. The zero-order chi connectivity index (χ0) is 14.8. The van der Waals surface area contributed by atoms with E-state index in [9.17, 15) is 13.2 Å². The lowest BCUT2D eigenvalue weighted by atomic mass is 10.2. The predicted octanol–water partition coefficient (Wildman–Crippen LogP) is 0.0291. The minimum Gasteiger partial charge on any atom is -0.399 e. The zero-order valence-corrected chi connectivity index (χ0v) is 11.8. The highest BCUT2D eigenvalue weighted by atomic mass is 32.2. The first-order valence-corrected chi connectivity index (χ1v) is 7.85. The molecule has 5 N–H and O–H groups in total. The van der Waals surface area contributed by atoms with E-state index in [-0.39, 0.29) is 19.0 Å². The zero-order valence-electron chi connectivity index (χ0n) is 10.9. The Labute approximate surface area is 116 Å². The SMILES string of the molecule is CS(=O)(=O)NCCNC(=O)c1cc2cc(N)ccc2[nH]1. The maximum atomic E-state index is 11.9. The van der Waals surface area contributed by atoms with Gasteiger partial charge in [-0.1, -0.05) is 0 Å². The quantitative estimate of drug-likeness (QED) is 0.460. The van der Waals surface area contributed by atoms with Gasteiger partial charge in [-0.3, -0.25) is 4.79 Å². The van der Waals surface area contributed by atoms with Crippen molar-refractivity contribution in [3.63, 3.8) is 0 Å². The van der Waals surface area contributed by atoms with Crippen LogP contribution < -0.4 is 15.8 Å². The second kappa shape index (κ2) is 5.51. The van der Waals surface area contributed by atoms with E-state index in [1.165, 1.54) is 0 Å². The molecule has 0 unspecified atom stereocenters. The third kappa shape index (κ3) is 3.72. The molecule has 108 valence electrons. The van der Waals surface area contributed by atoms with Crippen LogP contribution in [0, 0.1) is 0 Å². The van der Waals surface area contributed by atoms with Gasteiger partial charge in [-0.15, -0.1) is 0 Å². The van der Waals surface area contributed by atoms with Crippen LogP contribution in [-0.2, 0) is 10.0 Å². The molecule has 0 saturated carbocycles. The van der Waals surface area contributed by atoms with E-state index in [4.69, 9.17) is 5.73 Å². The number of carbonyl (C=O) groups excluding carboxylic acids is 1. The average Bonchev–Trinajstić information content (AvgIpc) is 2.76. The number of fused-ring (bicyclic) bond motifs is 1. The fourth-order valence-corrected chi connectivity index (χ4v) is 2.25. The van der Waals surface area contributed by atoms with Crippen molar-refractivity contribution in [3.8, 4) is 0 Å². The van der Waals surface area contributed by atoms with Gasteiger partial charge in [0.25, 0.3) is 5.91 Å². The van der Waals surface area contributed by atoms with Crippen molar-refractivity contribution in [3.05, 3.63) is 30.0 Å². The van der Waals surface area contributed by atoms with Crippen molar-refractivity contribution in [2.45, 2.75) is 0 Å². The van der Waals surface area contributed by atoms with Crippen molar-refractivity contribution in [2.75, 3.05) is 25.1 Å². The van der Waals surface area contributed by atoms with Gasteiger partial charge in [0.15, 0.2) is 0 Å². The molecule has 2 aromatic rings. The van der Waals surface area contributed by atoms with Gasteiger partial charge in [0, 0.05) is 29.7 Å². The Kier molecular flexibility index (Phi) is 3.96. The first-order valence-electron chi connectivity index (χ1n) is 5.96. The van der Waals surface area contributed by atoms with Crippen LogP contribution in [0.25, 0.3) is 10.9 Å². The summed E-state index contributed by atoms with van der Waals surface area (Å²) in [5, 5.41) is 3.47. The molecular formula is C12H16N4O3S. The van der Waals surface area contributed by atoms with Gasteiger partial charge in [0.2, 0.25) is 10.0 Å². The highest BCUT2D eigenvalue weighted by molar-refractivity contribution is 7.88. The molecule has 8 heteroatoms. The Morgan fingerprint density at radius 2 is 2.05 bits per heavy atom. The van der Waals surface area contributed by atoms with E-state index in [1.807, 2.05) is 0 Å². The molecule has 0 radical (unpaired) electrons. The molecule has 0 aliphatic carbocycles. The smallest absolute Gasteiger partial charge is 0.267 e. The summed E-state index contributed by atoms with van der Waals surface area (Å²) in [6.07, 6.45) is 1.07. The first-order chi connectivity index (χ1) is 9.35. The minimum atomic E-state index is -3.23. The van der Waals surface area contributed by atoms with Crippen molar-refractivity contribution in [2.24, 2.45) is 0 Å². The Morgan fingerprint density at radius 3 is 2.75 bits per heavy atom. The summed E-state index contributed by atoms with van der Waals surface area (Å²) in [6.45, 7) is 0.362. The van der Waals surface area contributed by atoms with Gasteiger partial charge in [0.1, 0.15) is 5.69 Å². The number of H-pyrrole nitrogens is 1. The number of amides is 1. The summed E-state index contributed by atoms with van der Waals surface area (Å²) < 4.78 is 24.0. The van der Waals surface area contributed by atoms with Crippen LogP contribution in [0.5, 0.6) is 0 Å². The number of aromatic nitrogens is 1. The number of nitrogens with one attached hydrogen (secondary N) is 3. The Morgan fingerprint density at radius 1 is 1.30 bits per heavy atom. The largest absolute Gasteiger partial charge is 0.399 e. The molecule has 1 amide bonds. The first kappa shape index (κ1) is 14.4. The van der Waals surface area contributed by atoms with Gasteiger partial charge in [0.05, 0.1) is 6.26 Å². The molecule has 1 heterocycles. The van der Waals surface area contributed by atoms with Gasteiger partial charge in [-0.25, -0.2) is 13.1 Å². The molecule has 0 aliphatic rings. The summed E-state index contributed by atoms with van der Waals surface area (Å²) in [5.74, 6) is -0.296. The predicted molar refractivity (Wildman–Crippen MR) is 77.9 cm³/mol. The van der Waals surface area contributed by atoms with Crippen LogP contribution in [0.3, 0.4) is 0 Å². The normalized spacial score (nSPS) is 11.7. The molecule has 0 bridgehead atoms. The lowest BCUT2D eigenvalue weighted by Crippen LogP contribution is -2.34. The lowest BCUT2D eigenvalue weighted by molar-refractivity contribution is 0.0950. The number of benzene rings is 1. The van der Waals surface area contributed by atoms with Gasteiger partial charge in [-0.2, -0.15) is 0 Å². The molecule has 0 saturated heterocycles. The fourth-order valence-electron chi connectivity index (χ4n) is 1.78. The summed E-state index contributed by atoms with van der Waals surface area (Å²) in [7, 11) is -3.23. The topological polar surface area (TPSA) is 117 Å². The molecular weight excluding hydrogens is 280 g/mol. The van der Waals surface area contributed by atoms with E-state index in [1.54, 1.807) is 24.3 Å². The summed E-state index contributed by atoms with van der Waals surface area (Å²) in [6, 6.07) is 7.02. The number of carbonyl (C=O) groups is 1. The maximum Gasteiger partial charge on any atom is 0.267 e. The van der Waals surface area contributed by atoms with Crippen LogP contribution in [0.15, 0.2) is 24.3 Å². The van der Waals surface area contributed by atoms with Crippen LogP contribution in [0.1, 0.15) is 10.5 Å².